The molecule has 0 bridgehead atoms. The summed E-state index contributed by atoms with van der Waals surface area (Å²) in [6.45, 7) is 1.66. The van der Waals surface area contributed by atoms with E-state index in [0.717, 1.165) is 0 Å². The van der Waals surface area contributed by atoms with Crippen LogP contribution in [-0.4, -0.2) is 37.7 Å². The lowest BCUT2D eigenvalue weighted by molar-refractivity contribution is 0.351. The molecule has 3 aromatic rings. The Balaban J connectivity index is 1.93. The number of ether oxygens (including phenoxy) is 1. The number of phenols is 6. The highest BCUT2D eigenvalue weighted by Gasteiger charge is 2.10. The van der Waals surface area contributed by atoms with E-state index in [2.05, 4.69) is 0 Å². The first-order chi connectivity index (χ1) is 14.7. The number of methoxy groups -OCH3 is 1. The summed E-state index contributed by atoms with van der Waals surface area (Å²) in [5.74, 6) is -1.33. The summed E-state index contributed by atoms with van der Waals surface area (Å²) in [5.41, 5.74) is 2.45. The second-order valence-corrected chi connectivity index (χ2v) is 6.93. The van der Waals surface area contributed by atoms with Crippen molar-refractivity contribution in [3.63, 3.8) is 0 Å². The molecule has 0 heterocycles. The average Bonchev–Trinajstić information content (AvgIpc) is 2.72. The Labute approximate surface area is 178 Å². The highest BCUT2D eigenvalue weighted by atomic mass is 16.5. The summed E-state index contributed by atoms with van der Waals surface area (Å²) in [4.78, 5) is 0. The predicted octanol–water partition coefficient (Wildman–Crippen LogP) is 4.58. The summed E-state index contributed by atoms with van der Waals surface area (Å²) < 4.78 is 5.01. The molecule has 0 spiro atoms. The predicted molar refractivity (Wildman–Crippen MR) is 118 cm³/mol. The van der Waals surface area contributed by atoms with Gasteiger partial charge in [0.25, 0.3) is 0 Å². The molecule has 0 aromatic heterocycles. The lowest BCUT2D eigenvalue weighted by atomic mass is 10.0. The summed E-state index contributed by atoms with van der Waals surface area (Å²) in [6, 6.07) is 8.68. The van der Waals surface area contributed by atoms with Gasteiger partial charge < -0.3 is 35.4 Å². The third-order valence-electron chi connectivity index (χ3n) is 4.69. The second-order valence-electron chi connectivity index (χ2n) is 6.93. The van der Waals surface area contributed by atoms with Gasteiger partial charge in [0.05, 0.1) is 7.11 Å². The standard InChI is InChI=1S/C24H22O7/c1-13-7-14(8-20(27)23(13)29)3-5-16-11-17(19(26)12-18(16)25)6-4-15-9-21(28)24(30)22(10-15)31-2/h3-12,25-30H,1-2H3/b5-3+,6-4+. The van der Waals surface area contributed by atoms with E-state index >= 15 is 0 Å². The fraction of sp³-hybridized carbons (Fsp3) is 0.0833. The van der Waals surface area contributed by atoms with Crippen molar-refractivity contribution < 1.29 is 35.4 Å². The third kappa shape index (κ3) is 4.67. The molecule has 0 fully saturated rings. The van der Waals surface area contributed by atoms with Crippen LogP contribution in [0, 0.1) is 6.92 Å². The Kier molecular flexibility index (Phi) is 5.97. The Morgan fingerprint density at radius 2 is 1.10 bits per heavy atom. The summed E-state index contributed by atoms with van der Waals surface area (Å²) in [7, 11) is 1.36. The molecule has 7 heteroatoms. The first-order valence-electron chi connectivity index (χ1n) is 9.24. The van der Waals surface area contributed by atoms with Crippen LogP contribution in [0.25, 0.3) is 24.3 Å². The first-order valence-corrected chi connectivity index (χ1v) is 9.24. The lowest BCUT2D eigenvalue weighted by Gasteiger charge is -2.07. The van der Waals surface area contributed by atoms with Gasteiger partial charge >= 0.3 is 0 Å². The second kappa shape index (κ2) is 8.62. The van der Waals surface area contributed by atoms with E-state index in [0.29, 0.717) is 27.8 Å². The van der Waals surface area contributed by atoms with Gasteiger partial charge in [-0.25, -0.2) is 0 Å². The van der Waals surface area contributed by atoms with Crippen molar-refractivity contribution in [2.24, 2.45) is 0 Å². The molecule has 6 N–H and O–H groups in total. The van der Waals surface area contributed by atoms with Crippen LogP contribution in [0.5, 0.6) is 40.2 Å². The van der Waals surface area contributed by atoms with Gasteiger partial charge in [-0.3, -0.25) is 0 Å². The van der Waals surface area contributed by atoms with E-state index in [1.54, 1.807) is 43.4 Å². The quantitative estimate of drug-likeness (QED) is 0.262. The number of hydrogen-bond acceptors (Lipinski definition) is 7. The van der Waals surface area contributed by atoms with Crippen LogP contribution in [0.1, 0.15) is 27.8 Å². The van der Waals surface area contributed by atoms with Crippen LogP contribution in [-0.2, 0) is 0 Å². The minimum atomic E-state index is -0.366. The first kappa shape index (κ1) is 21.4. The van der Waals surface area contributed by atoms with Gasteiger partial charge in [-0.15, -0.1) is 0 Å². The topological polar surface area (TPSA) is 131 Å². The Hall–Kier alpha value is -4.26. The van der Waals surface area contributed by atoms with Crippen LogP contribution < -0.4 is 4.74 Å². The van der Waals surface area contributed by atoms with Crippen LogP contribution in [0.4, 0.5) is 0 Å². The number of benzene rings is 3. The van der Waals surface area contributed by atoms with E-state index in [1.807, 2.05) is 0 Å². The molecule has 31 heavy (non-hydrogen) atoms. The lowest BCUT2D eigenvalue weighted by Crippen LogP contribution is -1.85. The van der Waals surface area contributed by atoms with Crippen LogP contribution in [0.15, 0.2) is 36.4 Å². The number of aryl methyl sites for hydroxylation is 1. The van der Waals surface area contributed by atoms with Gasteiger partial charge in [-0.05, 0) is 53.9 Å². The van der Waals surface area contributed by atoms with Gasteiger partial charge in [-0.1, -0.05) is 24.3 Å². The van der Waals surface area contributed by atoms with Gasteiger partial charge in [0.15, 0.2) is 23.0 Å². The molecule has 0 amide bonds. The summed E-state index contributed by atoms with van der Waals surface area (Å²) in [6.07, 6.45) is 6.43. The number of aromatic hydroxyl groups is 6. The minimum Gasteiger partial charge on any atom is -0.507 e. The van der Waals surface area contributed by atoms with E-state index in [-0.39, 0.29) is 40.2 Å². The molecule has 0 radical (unpaired) electrons. The van der Waals surface area contributed by atoms with Crippen molar-refractivity contribution in [3.8, 4) is 40.2 Å². The van der Waals surface area contributed by atoms with Crippen molar-refractivity contribution in [2.45, 2.75) is 6.92 Å². The summed E-state index contributed by atoms with van der Waals surface area (Å²) >= 11 is 0. The van der Waals surface area contributed by atoms with Gasteiger partial charge in [0.1, 0.15) is 11.5 Å². The van der Waals surface area contributed by atoms with Crippen LogP contribution in [0.3, 0.4) is 0 Å². The highest BCUT2D eigenvalue weighted by molar-refractivity contribution is 5.80. The fourth-order valence-electron chi connectivity index (χ4n) is 3.00. The van der Waals surface area contributed by atoms with Crippen LogP contribution in [0.2, 0.25) is 0 Å². The van der Waals surface area contributed by atoms with Crippen LogP contribution >= 0.6 is 0 Å². The van der Waals surface area contributed by atoms with Gasteiger partial charge in [0, 0.05) is 17.2 Å². The molecule has 7 nitrogen and oxygen atoms in total. The van der Waals surface area contributed by atoms with E-state index in [1.165, 1.54) is 31.4 Å². The monoisotopic (exact) mass is 422 g/mol. The van der Waals surface area contributed by atoms with Crippen molar-refractivity contribution >= 4 is 24.3 Å². The normalized spacial score (nSPS) is 11.4. The number of hydrogen-bond donors (Lipinski definition) is 6. The van der Waals surface area contributed by atoms with Crippen molar-refractivity contribution in [1.82, 2.24) is 0 Å². The van der Waals surface area contributed by atoms with Gasteiger partial charge in [0.2, 0.25) is 5.75 Å². The zero-order chi connectivity index (χ0) is 22.7. The molecule has 0 saturated carbocycles. The number of rotatable bonds is 5. The Morgan fingerprint density at radius 3 is 1.61 bits per heavy atom. The molecule has 0 aliphatic rings. The highest BCUT2D eigenvalue weighted by Crippen LogP contribution is 2.37. The van der Waals surface area contributed by atoms with Crippen molar-refractivity contribution in [3.05, 3.63) is 64.2 Å². The third-order valence-corrected chi connectivity index (χ3v) is 4.69. The minimum absolute atomic E-state index is 0.102. The van der Waals surface area contributed by atoms with E-state index in [9.17, 15) is 30.6 Å². The molecule has 0 aliphatic carbocycles. The maximum Gasteiger partial charge on any atom is 0.200 e. The SMILES string of the molecule is COc1cc(/C=C/c2cc(/C=C/c3cc(C)c(O)c(O)c3)c(O)cc2O)cc(O)c1O. The molecule has 3 aromatic carbocycles. The van der Waals surface area contributed by atoms with Crippen molar-refractivity contribution in [1.29, 1.82) is 0 Å². The smallest absolute Gasteiger partial charge is 0.200 e. The zero-order valence-corrected chi connectivity index (χ0v) is 16.9. The summed E-state index contributed by atoms with van der Waals surface area (Å²) in [5, 5.41) is 59.2. The molecule has 0 aliphatic heterocycles. The maximum absolute atomic E-state index is 10.2. The molecule has 0 saturated heterocycles. The molecule has 0 atom stereocenters. The van der Waals surface area contributed by atoms with Crippen molar-refractivity contribution in [2.75, 3.05) is 7.11 Å². The van der Waals surface area contributed by atoms with E-state index in [4.69, 9.17) is 4.74 Å². The Bertz CT molecular complexity index is 1170. The fourth-order valence-corrected chi connectivity index (χ4v) is 3.00. The molecule has 0 unspecified atom stereocenters. The Morgan fingerprint density at radius 1 is 0.581 bits per heavy atom. The average molecular weight is 422 g/mol. The zero-order valence-electron chi connectivity index (χ0n) is 16.9. The van der Waals surface area contributed by atoms with Gasteiger partial charge in [-0.2, -0.15) is 0 Å². The van der Waals surface area contributed by atoms with E-state index < -0.39 is 0 Å². The molecular formula is C24H22O7. The largest absolute Gasteiger partial charge is 0.507 e. The maximum atomic E-state index is 10.2. The molecule has 3 rings (SSSR count). The molecule has 160 valence electrons. The number of phenolic OH excluding ortho intramolecular Hbond substituents is 6. The molecular weight excluding hydrogens is 400 g/mol.